The number of pyridine rings is 1. The van der Waals surface area contributed by atoms with E-state index in [2.05, 4.69) is 50.1 Å². The first kappa shape index (κ1) is 13.1. The van der Waals surface area contributed by atoms with Crippen LogP contribution in [0, 0.1) is 5.92 Å². The van der Waals surface area contributed by atoms with E-state index in [0.29, 0.717) is 0 Å². The third kappa shape index (κ3) is 2.98. The number of piperidine rings is 1. The molecular weight excluding hydrogens is 300 g/mol. The molecule has 1 fully saturated rings. The molecule has 1 aromatic carbocycles. The summed E-state index contributed by atoms with van der Waals surface area (Å²) in [6.07, 6.45) is 4.51. The van der Waals surface area contributed by atoms with E-state index in [9.17, 15) is 0 Å². The van der Waals surface area contributed by atoms with Crippen molar-refractivity contribution in [3.63, 3.8) is 0 Å². The maximum absolute atomic E-state index is 4.54. The summed E-state index contributed by atoms with van der Waals surface area (Å²) in [4.78, 5) is 7.10. The van der Waals surface area contributed by atoms with Gasteiger partial charge in [-0.1, -0.05) is 40.2 Å². The summed E-state index contributed by atoms with van der Waals surface area (Å²) in [5.74, 6) is 0.863. The zero-order valence-corrected chi connectivity index (χ0v) is 12.6. The first-order valence-corrected chi connectivity index (χ1v) is 8.10. The Bertz CT molecular complexity index is 542. The smallest absolute Gasteiger partial charge is 0.0746 e. The van der Waals surface area contributed by atoms with Gasteiger partial charge in [-0.3, -0.25) is 9.88 Å². The molecule has 1 aliphatic rings. The molecule has 0 bridgehead atoms. The maximum atomic E-state index is 4.54. The molecule has 0 amide bonds. The Morgan fingerprint density at radius 2 is 1.95 bits per heavy atom. The van der Waals surface area contributed by atoms with Crippen LogP contribution in [0.15, 0.2) is 36.5 Å². The van der Waals surface area contributed by atoms with Crippen LogP contribution in [-0.2, 0) is 6.54 Å². The van der Waals surface area contributed by atoms with Crippen LogP contribution in [0.5, 0.6) is 0 Å². The van der Waals surface area contributed by atoms with Gasteiger partial charge in [0, 0.05) is 23.5 Å². The van der Waals surface area contributed by atoms with Crippen LogP contribution in [0.4, 0.5) is 0 Å². The van der Waals surface area contributed by atoms with E-state index in [4.69, 9.17) is 0 Å². The van der Waals surface area contributed by atoms with E-state index in [1.807, 2.05) is 12.3 Å². The average molecular weight is 319 g/mol. The highest BCUT2D eigenvalue weighted by atomic mass is 79.9. The number of aromatic nitrogens is 1. The van der Waals surface area contributed by atoms with Gasteiger partial charge in [0.05, 0.1) is 5.52 Å². The van der Waals surface area contributed by atoms with Crippen molar-refractivity contribution in [2.75, 3.05) is 18.4 Å². The van der Waals surface area contributed by atoms with Crippen molar-refractivity contribution in [1.82, 2.24) is 9.88 Å². The molecule has 2 nitrogen and oxygen atoms in total. The van der Waals surface area contributed by atoms with Gasteiger partial charge >= 0.3 is 0 Å². The van der Waals surface area contributed by atoms with E-state index in [0.717, 1.165) is 23.3 Å². The first-order valence-electron chi connectivity index (χ1n) is 6.98. The Morgan fingerprint density at radius 1 is 1.16 bits per heavy atom. The Balaban J connectivity index is 1.75. The van der Waals surface area contributed by atoms with Crippen LogP contribution >= 0.6 is 15.9 Å². The van der Waals surface area contributed by atoms with Crippen molar-refractivity contribution in [3.05, 3.63) is 42.1 Å². The van der Waals surface area contributed by atoms with Crippen molar-refractivity contribution in [1.29, 1.82) is 0 Å². The minimum atomic E-state index is 0.863. The van der Waals surface area contributed by atoms with Crippen molar-refractivity contribution >= 4 is 26.8 Å². The minimum absolute atomic E-state index is 0.863. The molecule has 0 unspecified atom stereocenters. The van der Waals surface area contributed by atoms with Crippen LogP contribution in [0.25, 0.3) is 10.9 Å². The highest BCUT2D eigenvalue weighted by molar-refractivity contribution is 9.09. The number of alkyl halides is 1. The summed E-state index contributed by atoms with van der Waals surface area (Å²) in [6.45, 7) is 3.45. The summed E-state index contributed by atoms with van der Waals surface area (Å²) < 4.78 is 0. The van der Waals surface area contributed by atoms with Gasteiger partial charge in [-0.25, -0.2) is 0 Å². The number of hydrogen-bond acceptors (Lipinski definition) is 2. The Kier molecular flexibility index (Phi) is 4.14. The van der Waals surface area contributed by atoms with Gasteiger partial charge in [-0.2, -0.15) is 0 Å². The fourth-order valence-corrected chi connectivity index (χ4v) is 3.48. The average Bonchev–Trinajstić information content (AvgIpc) is 2.48. The highest BCUT2D eigenvalue weighted by Gasteiger charge is 2.18. The van der Waals surface area contributed by atoms with Gasteiger partial charge in [0.1, 0.15) is 0 Å². The van der Waals surface area contributed by atoms with Gasteiger partial charge in [0.15, 0.2) is 0 Å². The number of fused-ring (bicyclic) bond motifs is 1. The standard InChI is InChI=1S/C16H19BrN2/c17-11-13-6-9-19(10-7-13)12-15-4-1-3-14-5-2-8-18-16(14)15/h1-5,8,13H,6-7,9-12H2. The van der Waals surface area contributed by atoms with Crippen molar-refractivity contribution in [3.8, 4) is 0 Å². The van der Waals surface area contributed by atoms with Crippen molar-refractivity contribution in [2.24, 2.45) is 5.92 Å². The van der Waals surface area contributed by atoms with Gasteiger partial charge in [-0.05, 0) is 43.5 Å². The van der Waals surface area contributed by atoms with Crippen molar-refractivity contribution < 1.29 is 0 Å². The second-order valence-electron chi connectivity index (χ2n) is 5.37. The molecule has 1 saturated heterocycles. The Morgan fingerprint density at radius 3 is 2.74 bits per heavy atom. The lowest BCUT2D eigenvalue weighted by Crippen LogP contribution is -2.33. The zero-order chi connectivity index (χ0) is 13.1. The molecule has 2 aromatic rings. The lowest BCUT2D eigenvalue weighted by Gasteiger charge is -2.31. The van der Waals surface area contributed by atoms with Crippen LogP contribution in [0.1, 0.15) is 18.4 Å². The molecule has 3 heteroatoms. The molecule has 0 atom stereocenters. The zero-order valence-electron chi connectivity index (χ0n) is 11.1. The predicted molar refractivity (Wildman–Crippen MR) is 83.5 cm³/mol. The molecule has 1 aromatic heterocycles. The predicted octanol–water partition coefficient (Wildman–Crippen LogP) is 3.84. The minimum Gasteiger partial charge on any atom is -0.299 e. The van der Waals surface area contributed by atoms with E-state index >= 15 is 0 Å². The summed E-state index contributed by atoms with van der Waals surface area (Å²) in [7, 11) is 0. The van der Waals surface area contributed by atoms with E-state index < -0.39 is 0 Å². The molecule has 2 heterocycles. The Hall–Kier alpha value is -0.930. The topological polar surface area (TPSA) is 16.1 Å². The highest BCUT2D eigenvalue weighted by Crippen LogP contribution is 2.23. The number of rotatable bonds is 3. The fraction of sp³-hybridized carbons (Fsp3) is 0.438. The number of hydrogen-bond donors (Lipinski definition) is 0. The second-order valence-corrected chi connectivity index (χ2v) is 6.01. The lowest BCUT2D eigenvalue weighted by molar-refractivity contribution is 0.188. The fourth-order valence-electron chi connectivity index (χ4n) is 2.83. The summed E-state index contributed by atoms with van der Waals surface area (Å²) in [5.41, 5.74) is 2.52. The summed E-state index contributed by atoms with van der Waals surface area (Å²) in [5, 5.41) is 2.40. The SMILES string of the molecule is BrCC1CCN(Cc2cccc3cccnc23)CC1. The molecule has 0 spiro atoms. The van der Waals surface area contributed by atoms with Crippen LogP contribution in [0.3, 0.4) is 0 Å². The van der Waals surface area contributed by atoms with Gasteiger partial charge in [0.2, 0.25) is 0 Å². The maximum Gasteiger partial charge on any atom is 0.0746 e. The third-order valence-electron chi connectivity index (χ3n) is 4.04. The van der Waals surface area contributed by atoms with E-state index in [1.54, 1.807) is 0 Å². The number of halogens is 1. The van der Waals surface area contributed by atoms with Gasteiger partial charge in [0.25, 0.3) is 0 Å². The summed E-state index contributed by atoms with van der Waals surface area (Å²) in [6, 6.07) is 10.6. The number of benzene rings is 1. The van der Waals surface area contributed by atoms with Gasteiger partial charge < -0.3 is 0 Å². The molecule has 19 heavy (non-hydrogen) atoms. The third-order valence-corrected chi connectivity index (χ3v) is 4.95. The van der Waals surface area contributed by atoms with E-state index in [1.165, 1.54) is 36.9 Å². The molecule has 0 saturated carbocycles. The molecule has 0 radical (unpaired) electrons. The molecule has 3 rings (SSSR count). The van der Waals surface area contributed by atoms with Crippen LogP contribution in [0.2, 0.25) is 0 Å². The summed E-state index contributed by atoms with van der Waals surface area (Å²) >= 11 is 3.60. The molecule has 0 aliphatic carbocycles. The second kappa shape index (κ2) is 6.02. The van der Waals surface area contributed by atoms with Crippen LogP contribution < -0.4 is 0 Å². The largest absolute Gasteiger partial charge is 0.299 e. The number of nitrogens with zero attached hydrogens (tertiary/aromatic N) is 2. The first-order chi connectivity index (χ1) is 9.36. The number of para-hydroxylation sites is 1. The monoisotopic (exact) mass is 318 g/mol. The molecule has 1 aliphatic heterocycles. The van der Waals surface area contributed by atoms with Crippen LogP contribution in [-0.4, -0.2) is 28.3 Å². The Labute approximate surface area is 123 Å². The lowest BCUT2D eigenvalue weighted by atomic mass is 9.98. The molecule has 100 valence electrons. The van der Waals surface area contributed by atoms with E-state index in [-0.39, 0.29) is 0 Å². The number of likely N-dealkylation sites (tertiary alicyclic amines) is 1. The molecule has 0 N–H and O–H groups in total. The normalized spacial score (nSPS) is 17.9. The van der Waals surface area contributed by atoms with Gasteiger partial charge in [-0.15, -0.1) is 0 Å². The quantitative estimate of drug-likeness (QED) is 0.799. The van der Waals surface area contributed by atoms with Crippen molar-refractivity contribution in [2.45, 2.75) is 19.4 Å². The molecular formula is C16H19BrN2.